The molecule has 7 heteroatoms. The number of unbranched alkanes of at least 4 members (excludes halogenated alkanes) is 1. The van der Waals surface area contributed by atoms with E-state index in [-0.39, 0.29) is 25.4 Å². The molecule has 1 aromatic carbocycles. The van der Waals surface area contributed by atoms with Crippen LogP contribution in [0.15, 0.2) is 24.3 Å². The van der Waals surface area contributed by atoms with Crippen LogP contribution < -0.4 is 0 Å². The van der Waals surface area contributed by atoms with Gasteiger partial charge in [-0.1, -0.05) is 13.3 Å². The number of carboxylic acid groups (broad SMARTS) is 1. The topological polar surface area (TPSA) is 91.3 Å². The first-order valence-electron chi connectivity index (χ1n) is 8.39. The van der Waals surface area contributed by atoms with Gasteiger partial charge in [-0.15, -0.1) is 0 Å². The van der Waals surface area contributed by atoms with Crippen LogP contribution in [-0.4, -0.2) is 56.4 Å². The number of hydrogen-bond donors (Lipinski definition) is 1. The Balaban J connectivity index is 2.24. The van der Waals surface area contributed by atoms with E-state index in [0.29, 0.717) is 18.8 Å². The number of aromatic carboxylic acids is 1. The van der Waals surface area contributed by atoms with Gasteiger partial charge < -0.3 is 24.1 Å². The van der Waals surface area contributed by atoms with Gasteiger partial charge in [0.1, 0.15) is 6.61 Å². The van der Waals surface area contributed by atoms with Crippen molar-refractivity contribution >= 4 is 11.9 Å². The molecule has 0 saturated heterocycles. The number of hydrogen-bond acceptors (Lipinski definition) is 6. The predicted molar refractivity (Wildman–Crippen MR) is 90.8 cm³/mol. The van der Waals surface area contributed by atoms with E-state index >= 15 is 0 Å². The third-order valence-electron chi connectivity index (χ3n) is 3.24. The molecule has 7 nitrogen and oxygen atoms in total. The minimum absolute atomic E-state index is 0.0906. The number of carbonyl (C=O) groups is 2. The minimum atomic E-state index is -1.04. The molecule has 1 rings (SSSR count). The smallest absolute Gasteiger partial charge is 0.338 e. The third-order valence-corrected chi connectivity index (χ3v) is 3.24. The molecule has 1 aromatic rings. The summed E-state index contributed by atoms with van der Waals surface area (Å²) in [5, 5.41) is 8.81. The molecule has 0 aliphatic heterocycles. The number of benzene rings is 1. The van der Waals surface area contributed by atoms with E-state index in [4.69, 9.17) is 24.1 Å². The summed E-state index contributed by atoms with van der Waals surface area (Å²) in [6.07, 6.45) is 1.58. The Labute approximate surface area is 147 Å². The van der Waals surface area contributed by atoms with E-state index in [9.17, 15) is 9.59 Å². The second kappa shape index (κ2) is 12.4. The maximum absolute atomic E-state index is 11.8. The fourth-order valence-corrected chi connectivity index (χ4v) is 1.89. The van der Waals surface area contributed by atoms with Crippen LogP contribution in [0.5, 0.6) is 0 Å². The van der Waals surface area contributed by atoms with Crippen LogP contribution in [-0.2, 0) is 18.9 Å². The van der Waals surface area contributed by atoms with Crippen LogP contribution >= 0.6 is 0 Å². The lowest BCUT2D eigenvalue weighted by Gasteiger charge is -2.17. The predicted octanol–water partition coefficient (Wildman–Crippen LogP) is 2.74. The molecule has 1 N–H and O–H groups in total. The average molecular weight is 354 g/mol. The molecule has 1 unspecified atom stereocenters. The SMILES string of the molecule is CCCCOC(COCCOC(=O)c1ccc(C(=O)O)cc1)OCC. The molecule has 0 fully saturated rings. The highest BCUT2D eigenvalue weighted by atomic mass is 16.7. The summed E-state index contributed by atoms with van der Waals surface area (Å²) in [5.41, 5.74) is 0.407. The van der Waals surface area contributed by atoms with Crippen LogP contribution in [0, 0.1) is 0 Å². The summed E-state index contributed by atoms with van der Waals surface area (Å²) in [7, 11) is 0. The van der Waals surface area contributed by atoms with Crippen molar-refractivity contribution in [1.82, 2.24) is 0 Å². The fourth-order valence-electron chi connectivity index (χ4n) is 1.89. The lowest BCUT2D eigenvalue weighted by atomic mass is 10.1. The van der Waals surface area contributed by atoms with Crippen molar-refractivity contribution in [2.45, 2.75) is 33.0 Å². The van der Waals surface area contributed by atoms with E-state index < -0.39 is 18.2 Å². The highest BCUT2D eigenvalue weighted by Crippen LogP contribution is 2.06. The van der Waals surface area contributed by atoms with Crippen molar-refractivity contribution in [3.8, 4) is 0 Å². The Morgan fingerprint density at radius 3 is 2.28 bits per heavy atom. The van der Waals surface area contributed by atoms with E-state index in [1.807, 2.05) is 6.92 Å². The van der Waals surface area contributed by atoms with Gasteiger partial charge in [-0.2, -0.15) is 0 Å². The molecule has 25 heavy (non-hydrogen) atoms. The second-order valence-electron chi connectivity index (χ2n) is 5.20. The zero-order valence-corrected chi connectivity index (χ0v) is 14.7. The van der Waals surface area contributed by atoms with Crippen molar-refractivity contribution in [2.75, 3.05) is 33.0 Å². The second-order valence-corrected chi connectivity index (χ2v) is 5.20. The van der Waals surface area contributed by atoms with Crippen LogP contribution in [0.2, 0.25) is 0 Å². The Kier molecular flexibility index (Phi) is 10.5. The number of ether oxygens (including phenoxy) is 4. The van der Waals surface area contributed by atoms with Crippen LogP contribution in [0.1, 0.15) is 47.4 Å². The maximum atomic E-state index is 11.8. The van der Waals surface area contributed by atoms with E-state index in [1.165, 1.54) is 24.3 Å². The first kappa shape index (κ1) is 21.1. The molecule has 0 heterocycles. The van der Waals surface area contributed by atoms with Gasteiger partial charge in [0.05, 0.1) is 24.3 Å². The Hall–Kier alpha value is -1.96. The van der Waals surface area contributed by atoms with Crippen molar-refractivity contribution in [3.63, 3.8) is 0 Å². The van der Waals surface area contributed by atoms with Crippen LogP contribution in [0.4, 0.5) is 0 Å². The molecule has 0 spiro atoms. The van der Waals surface area contributed by atoms with Gasteiger partial charge in [0.2, 0.25) is 0 Å². The van der Waals surface area contributed by atoms with Crippen LogP contribution in [0.25, 0.3) is 0 Å². The van der Waals surface area contributed by atoms with E-state index in [1.54, 1.807) is 0 Å². The highest BCUT2D eigenvalue weighted by Gasteiger charge is 2.11. The molecule has 140 valence electrons. The summed E-state index contributed by atoms with van der Waals surface area (Å²) < 4.78 is 21.4. The van der Waals surface area contributed by atoms with Gasteiger partial charge in [0.15, 0.2) is 6.29 Å². The molecule has 0 radical (unpaired) electrons. The Morgan fingerprint density at radius 2 is 1.68 bits per heavy atom. The van der Waals surface area contributed by atoms with Gasteiger partial charge in [-0.25, -0.2) is 9.59 Å². The number of carboxylic acids is 1. The fraction of sp³-hybridized carbons (Fsp3) is 0.556. The summed E-state index contributed by atoms with van der Waals surface area (Å²) in [5.74, 6) is -1.57. The zero-order chi connectivity index (χ0) is 18.5. The number of esters is 1. The summed E-state index contributed by atoms with van der Waals surface area (Å²) in [6.45, 7) is 5.69. The molecular formula is C18H26O7. The summed E-state index contributed by atoms with van der Waals surface area (Å²) >= 11 is 0. The first-order chi connectivity index (χ1) is 12.1. The third kappa shape index (κ3) is 8.62. The minimum Gasteiger partial charge on any atom is -0.478 e. The molecule has 0 aromatic heterocycles. The lowest BCUT2D eigenvalue weighted by molar-refractivity contribution is -0.171. The summed E-state index contributed by atoms with van der Waals surface area (Å²) in [6, 6.07) is 5.55. The monoisotopic (exact) mass is 354 g/mol. The van der Waals surface area contributed by atoms with Crippen LogP contribution in [0.3, 0.4) is 0 Å². The molecule has 0 bridgehead atoms. The zero-order valence-electron chi connectivity index (χ0n) is 14.7. The Morgan fingerprint density at radius 1 is 1.00 bits per heavy atom. The van der Waals surface area contributed by atoms with E-state index in [2.05, 4.69) is 6.92 Å². The van der Waals surface area contributed by atoms with Crippen molar-refractivity contribution in [2.24, 2.45) is 0 Å². The average Bonchev–Trinajstić information content (AvgIpc) is 2.61. The van der Waals surface area contributed by atoms with Crippen molar-refractivity contribution in [3.05, 3.63) is 35.4 Å². The summed E-state index contributed by atoms with van der Waals surface area (Å²) in [4.78, 5) is 22.6. The molecule has 0 amide bonds. The van der Waals surface area contributed by atoms with Gasteiger partial charge in [-0.3, -0.25) is 0 Å². The highest BCUT2D eigenvalue weighted by molar-refractivity contribution is 5.92. The quantitative estimate of drug-likeness (QED) is 0.331. The van der Waals surface area contributed by atoms with Crippen molar-refractivity contribution < 1.29 is 33.6 Å². The largest absolute Gasteiger partial charge is 0.478 e. The molecular weight excluding hydrogens is 328 g/mol. The lowest BCUT2D eigenvalue weighted by Crippen LogP contribution is -2.25. The van der Waals surface area contributed by atoms with E-state index in [0.717, 1.165) is 12.8 Å². The van der Waals surface area contributed by atoms with Gasteiger partial charge in [0, 0.05) is 13.2 Å². The number of rotatable bonds is 13. The van der Waals surface area contributed by atoms with Gasteiger partial charge in [0.25, 0.3) is 0 Å². The molecule has 0 aliphatic rings. The van der Waals surface area contributed by atoms with Crippen molar-refractivity contribution in [1.29, 1.82) is 0 Å². The number of carbonyl (C=O) groups excluding carboxylic acids is 1. The first-order valence-corrected chi connectivity index (χ1v) is 8.39. The maximum Gasteiger partial charge on any atom is 0.338 e. The van der Waals surface area contributed by atoms with Gasteiger partial charge in [-0.05, 0) is 37.6 Å². The molecule has 1 atom stereocenters. The Bertz CT molecular complexity index is 513. The molecule has 0 saturated carbocycles. The normalized spacial score (nSPS) is 11.9. The van der Waals surface area contributed by atoms with Gasteiger partial charge >= 0.3 is 11.9 Å². The molecule has 0 aliphatic carbocycles. The standard InChI is InChI=1S/C18H26O7/c1-3-5-10-24-16(23-4-2)13-22-11-12-25-18(21)15-8-6-14(7-9-15)17(19)20/h6-9,16H,3-5,10-13H2,1-2H3,(H,19,20).